The van der Waals surface area contributed by atoms with Crippen LogP contribution in [0.15, 0.2) is 24.3 Å². The standard InChI is InChI=1S/C12H17FO2S/c1-12(2,3)11-6-4-5-10(9-11)7-8-16(13,14)15/h4-6,9H,7-8H2,1-3H3. The van der Waals surface area contributed by atoms with Crippen LogP contribution in [-0.2, 0) is 22.1 Å². The van der Waals surface area contributed by atoms with Crippen molar-refractivity contribution in [2.45, 2.75) is 32.6 Å². The van der Waals surface area contributed by atoms with Crippen molar-refractivity contribution in [1.82, 2.24) is 0 Å². The SMILES string of the molecule is CC(C)(C)c1cccc(CCS(=O)(=O)F)c1. The molecule has 16 heavy (non-hydrogen) atoms. The molecule has 4 heteroatoms. The molecule has 2 nitrogen and oxygen atoms in total. The summed E-state index contributed by atoms with van der Waals surface area (Å²) in [5.74, 6) is -0.444. The number of aryl methyl sites for hydroxylation is 1. The summed E-state index contributed by atoms with van der Waals surface area (Å²) in [7, 11) is -4.37. The highest BCUT2D eigenvalue weighted by Crippen LogP contribution is 2.23. The van der Waals surface area contributed by atoms with E-state index in [9.17, 15) is 12.3 Å². The zero-order chi connectivity index (χ0) is 12.4. The van der Waals surface area contributed by atoms with Gasteiger partial charge in [-0.1, -0.05) is 45.0 Å². The predicted molar refractivity (Wildman–Crippen MR) is 63.7 cm³/mol. The lowest BCUT2D eigenvalue weighted by atomic mass is 9.86. The van der Waals surface area contributed by atoms with E-state index in [0.29, 0.717) is 0 Å². The third kappa shape index (κ3) is 4.31. The van der Waals surface area contributed by atoms with Crippen molar-refractivity contribution in [3.8, 4) is 0 Å². The van der Waals surface area contributed by atoms with Crippen LogP contribution in [0.2, 0.25) is 0 Å². The summed E-state index contributed by atoms with van der Waals surface area (Å²) in [5.41, 5.74) is 2.00. The smallest absolute Gasteiger partial charge is 0.195 e. The summed E-state index contributed by atoms with van der Waals surface area (Å²) >= 11 is 0. The molecule has 0 saturated heterocycles. The molecule has 0 aliphatic heterocycles. The monoisotopic (exact) mass is 244 g/mol. The first-order chi connectivity index (χ1) is 7.18. The highest BCUT2D eigenvalue weighted by atomic mass is 32.3. The highest BCUT2D eigenvalue weighted by Gasteiger charge is 2.14. The molecule has 0 atom stereocenters. The van der Waals surface area contributed by atoms with Crippen LogP contribution in [0.1, 0.15) is 31.9 Å². The molecule has 0 amide bonds. The maximum atomic E-state index is 12.4. The fourth-order valence-electron chi connectivity index (χ4n) is 1.43. The van der Waals surface area contributed by atoms with E-state index in [1.807, 2.05) is 24.3 Å². The lowest BCUT2D eigenvalue weighted by molar-refractivity contribution is 0.551. The average molecular weight is 244 g/mol. The van der Waals surface area contributed by atoms with E-state index >= 15 is 0 Å². The molecule has 1 rings (SSSR count). The van der Waals surface area contributed by atoms with E-state index < -0.39 is 16.0 Å². The first kappa shape index (κ1) is 13.2. The van der Waals surface area contributed by atoms with E-state index in [1.165, 1.54) is 0 Å². The van der Waals surface area contributed by atoms with Gasteiger partial charge in [0, 0.05) is 0 Å². The Hall–Kier alpha value is -0.900. The van der Waals surface area contributed by atoms with Gasteiger partial charge in [0.15, 0.2) is 0 Å². The van der Waals surface area contributed by atoms with Crippen molar-refractivity contribution in [1.29, 1.82) is 0 Å². The normalized spacial score (nSPS) is 12.8. The van der Waals surface area contributed by atoms with Crippen molar-refractivity contribution in [3.05, 3.63) is 35.4 Å². The molecular formula is C12H17FO2S. The third-order valence-electron chi connectivity index (χ3n) is 2.43. The van der Waals surface area contributed by atoms with E-state index in [0.717, 1.165) is 11.1 Å². The number of halogens is 1. The second-order valence-corrected chi connectivity index (χ2v) is 6.43. The van der Waals surface area contributed by atoms with Gasteiger partial charge in [-0.3, -0.25) is 0 Å². The van der Waals surface area contributed by atoms with E-state index in [2.05, 4.69) is 20.8 Å². The van der Waals surface area contributed by atoms with Crippen LogP contribution in [0.25, 0.3) is 0 Å². The van der Waals surface area contributed by atoms with E-state index in [1.54, 1.807) is 0 Å². The van der Waals surface area contributed by atoms with Crippen LogP contribution < -0.4 is 0 Å². The minimum atomic E-state index is -4.37. The Kier molecular flexibility index (Phi) is 3.73. The van der Waals surface area contributed by atoms with Crippen LogP contribution in [0.5, 0.6) is 0 Å². The summed E-state index contributed by atoms with van der Waals surface area (Å²) in [4.78, 5) is 0. The molecule has 0 spiro atoms. The number of benzene rings is 1. The molecule has 1 aromatic carbocycles. The van der Waals surface area contributed by atoms with Crippen molar-refractivity contribution in [2.24, 2.45) is 0 Å². The van der Waals surface area contributed by atoms with E-state index in [-0.39, 0.29) is 11.8 Å². The summed E-state index contributed by atoms with van der Waals surface area (Å²) < 4.78 is 33.2. The zero-order valence-corrected chi connectivity index (χ0v) is 10.6. The van der Waals surface area contributed by atoms with Gasteiger partial charge < -0.3 is 0 Å². The molecule has 0 unspecified atom stereocenters. The minimum absolute atomic E-state index is 0.0185. The van der Waals surface area contributed by atoms with E-state index in [4.69, 9.17) is 0 Å². The first-order valence-corrected chi connectivity index (χ1v) is 6.75. The molecule has 1 aromatic rings. The van der Waals surface area contributed by atoms with Gasteiger partial charge in [-0.2, -0.15) is 8.42 Å². The van der Waals surface area contributed by atoms with Crippen LogP contribution in [0, 0.1) is 0 Å². The second-order valence-electron chi connectivity index (χ2n) is 4.94. The van der Waals surface area contributed by atoms with Crippen molar-refractivity contribution in [2.75, 3.05) is 5.75 Å². The van der Waals surface area contributed by atoms with Crippen LogP contribution in [-0.4, -0.2) is 14.2 Å². The quantitative estimate of drug-likeness (QED) is 0.766. The van der Waals surface area contributed by atoms with Gasteiger partial charge in [-0.15, -0.1) is 3.89 Å². The lowest BCUT2D eigenvalue weighted by Gasteiger charge is -2.19. The maximum Gasteiger partial charge on any atom is 0.302 e. The highest BCUT2D eigenvalue weighted by molar-refractivity contribution is 7.86. The number of hydrogen-bond acceptors (Lipinski definition) is 2. The molecule has 0 heterocycles. The second kappa shape index (κ2) is 4.53. The van der Waals surface area contributed by atoms with Crippen LogP contribution in [0.3, 0.4) is 0 Å². The van der Waals surface area contributed by atoms with Gasteiger partial charge >= 0.3 is 10.2 Å². The third-order valence-corrected chi connectivity index (χ3v) is 3.12. The summed E-state index contributed by atoms with van der Waals surface area (Å²) in [6, 6.07) is 7.62. The first-order valence-electron chi connectivity index (χ1n) is 5.20. The molecule has 0 radical (unpaired) electrons. The Morgan fingerprint density at radius 2 is 1.88 bits per heavy atom. The molecular weight excluding hydrogens is 227 g/mol. The molecule has 90 valence electrons. The zero-order valence-electron chi connectivity index (χ0n) is 9.83. The molecule has 0 N–H and O–H groups in total. The summed E-state index contributed by atoms with van der Waals surface area (Å²) in [5, 5.41) is 0. The van der Waals surface area contributed by atoms with Crippen molar-refractivity contribution < 1.29 is 12.3 Å². The Morgan fingerprint density at radius 1 is 1.25 bits per heavy atom. The van der Waals surface area contributed by atoms with Gasteiger partial charge in [0.2, 0.25) is 0 Å². The molecule has 0 saturated carbocycles. The predicted octanol–water partition coefficient (Wildman–Crippen LogP) is 2.83. The van der Waals surface area contributed by atoms with Crippen molar-refractivity contribution >= 4 is 10.2 Å². The Labute approximate surface area is 96.7 Å². The summed E-state index contributed by atoms with van der Waals surface area (Å²) in [6.45, 7) is 6.24. The molecule has 0 aliphatic carbocycles. The van der Waals surface area contributed by atoms with Crippen LogP contribution >= 0.6 is 0 Å². The Bertz CT molecular complexity index is 458. The topological polar surface area (TPSA) is 34.1 Å². The average Bonchev–Trinajstić information content (AvgIpc) is 2.13. The molecule has 0 aromatic heterocycles. The largest absolute Gasteiger partial charge is 0.302 e. The van der Waals surface area contributed by atoms with Gasteiger partial charge in [0.1, 0.15) is 0 Å². The maximum absolute atomic E-state index is 12.4. The minimum Gasteiger partial charge on any atom is -0.195 e. The van der Waals surface area contributed by atoms with Crippen molar-refractivity contribution in [3.63, 3.8) is 0 Å². The van der Waals surface area contributed by atoms with Gasteiger partial charge in [0.25, 0.3) is 0 Å². The summed E-state index contributed by atoms with van der Waals surface area (Å²) in [6.07, 6.45) is 0.225. The molecule has 0 fully saturated rings. The Morgan fingerprint density at radius 3 is 2.38 bits per heavy atom. The van der Waals surface area contributed by atoms with Gasteiger partial charge in [-0.25, -0.2) is 0 Å². The lowest BCUT2D eigenvalue weighted by Crippen LogP contribution is -2.11. The van der Waals surface area contributed by atoms with Gasteiger partial charge in [0.05, 0.1) is 5.75 Å². The fraction of sp³-hybridized carbons (Fsp3) is 0.500. The Balaban J connectivity index is 2.84. The molecule has 0 aliphatic rings. The number of hydrogen-bond donors (Lipinski definition) is 0. The van der Waals surface area contributed by atoms with Gasteiger partial charge in [-0.05, 0) is 23.0 Å². The fourth-order valence-corrected chi connectivity index (χ4v) is 1.91. The molecule has 0 bridgehead atoms. The number of rotatable bonds is 3. The van der Waals surface area contributed by atoms with Crippen LogP contribution in [0.4, 0.5) is 3.89 Å².